The minimum Gasteiger partial charge on any atom is -0.324 e. The average molecular weight is 459 g/mol. The third kappa shape index (κ3) is 5.38. The summed E-state index contributed by atoms with van der Waals surface area (Å²) in [4.78, 5) is 26.6. The second-order valence-electron chi connectivity index (χ2n) is 5.62. The number of amides is 2. The summed E-state index contributed by atoms with van der Waals surface area (Å²) in [5.41, 5.74) is 1.69. The smallest absolute Gasteiger partial charge is 0.266 e. The predicted molar refractivity (Wildman–Crippen MR) is 118 cm³/mol. The third-order valence-corrected chi connectivity index (χ3v) is 5.51. The van der Waals surface area contributed by atoms with Crippen LogP contribution in [-0.2, 0) is 9.59 Å². The van der Waals surface area contributed by atoms with E-state index in [1.54, 1.807) is 18.2 Å². The molecule has 0 aromatic heterocycles. The molecule has 0 bridgehead atoms. The molecule has 2 aromatic carbocycles. The van der Waals surface area contributed by atoms with Crippen LogP contribution < -0.4 is 5.32 Å². The Morgan fingerprint density at radius 1 is 1.19 bits per heavy atom. The van der Waals surface area contributed by atoms with Gasteiger partial charge in [-0.1, -0.05) is 88.5 Å². The van der Waals surface area contributed by atoms with E-state index in [0.717, 1.165) is 10.0 Å². The lowest BCUT2D eigenvalue weighted by Crippen LogP contribution is -2.36. The molecule has 0 saturated carbocycles. The monoisotopic (exact) mass is 458 g/mol. The van der Waals surface area contributed by atoms with E-state index in [2.05, 4.69) is 21.2 Å². The van der Waals surface area contributed by atoms with E-state index in [-0.39, 0.29) is 18.4 Å². The van der Waals surface area contributed by atoms with Gasteiger partial charge in [0.05, 0.1) is 4.91 Å². The number of carbonyl (C=O) groups excluding carboxylic acids is 2. The van der Waals surface area contributed by atoms with E-state index in [1.165, 1.54) is 16.7 Å². The van der Waals surface area contributed by atoms with Crippen molar-refractivity contribution in [2.24, 2.45) is 0 Å². The molecule has 1 fully saturated rings. The maximum Gasteiger partial charge on any atom is 0.266 e. The minimum absolute atomic E-state index is 0.114. The summed E-state index contributed by atoms with van der Waals surface area (Å²) in [7, 11) is 0. The average Bonchev–Trinajstić information content (AvgIpc) is 2.90. The van der Waals surface area contributed by atoms with Crippen molar-refractivity contribution in [2.45, 2.75) is 0 Å². The van der Waals surface area contributed by atoms with Gasteiger partial charge in [-0.2, -0.15) is 0 Å². The summed E-state index contributed by atoms with van der Waals surface area (Å²) in [5.74, 6) is -0.558. The molecule has 0 aliphatic carbocycles. The van der Waals surface area contributed by atoms with Crippen LogP contribution in [0.15, 0.2) is 76.1 Å². The fourth-order valence-electron chi connectivity index (χ4n) is 2.37. The molecule has 2 aromatic rings. The first-order chi connectivity index (χ1) is 13.0. The number of nitrogens with one attached hydrogen (secondary N) is 1. The Labute approximate surface area is 175 Å². The zero-order chi connectivity index (χ0) is 19.2. The van der Waals surface area contributed by atoms with Crippen LogP contribution in [0.2, 0.25) is 0 Å². The van der Waals surface area contributed by atoms with Gasteiger partial charge in [0.25, 0.3) is 5.91 Å². The number of thioether (sulfide) groups is 1. The molecule has 0 atom stereocenters. The number of thiocarbonyl (C=S) groups is 1. The maximum absolute atomic E-state index is 12.5. The van der Waals surface area contributed by atoms with Gasteiger partial charge in [-0.25, -0.2) is 0 Å². The Morgan fingerprint density at radius 2 is 1.96 bits per heavy atom. The van der Waals surface area contributed by atoms with Crippen LogP contribution in [0.1, 0.15) is 5.56 Å². The Balaban J connectivity index is 1.62. The number of hydrogen-bond donors (Lipinski definition) is 1. The van der Waals surface area contributed by atoms with Crippen LogP contribution in [0.25, 0.3) is 6.08 Å². The van der Waals surface area contributed by atoms with Crippen LogP contribution in [0, 0.1) is 0 Å². The van der Waals surface area contributed by atoms with Crippen LogP contribution in [-0.4, -0.2) is 27.6 Å². The van der Waals surface area contributed by atoms with Gasteiger partial charge in [-0.05, 0) is 29.8 Å². The second-order valence-corrected chi connectivity index (χ2v) is 8.21. The van der Waals surface area contributed by atoms with Crippen molar-refractivity contribution >= 4 is 67.8 Å². The van der Waals surface area contributed by atoms with Gasteiger partial charge in [0.15, 0.2) is 0 Å². The number of allylic oxidation sites excluding steroid dienone is 2. The van der Waals surface area contributed by atoms with Crippen molar-refractivity contribution in [3.63, 3.8) is 0 Å². The van der Waals surface area contributed by atoms with Crippen molar-refractivity contribution < 1.29 is 9.59 Å². The first kappa shape index (κ1) is 19.5. The summed E-state index contributed by atoms with van der Waals surface area (Å²) in [6.45, 7) is -0.114. The van der Waals surface area contributed by atoms with Gasteiger partial charge in [-0.3, -0.25) is 14.5 Å². The zero-order valence-corrected chi connectivity index (χ0v) is 17.3. The molecule has 3 rings (SSSR count). The molecule has 1 heterocycles. The number of anilines is 1. The Hall–Kier alpha value is -2.22. The van der Waals surface area contributed by atoms with E-state index in [9.17, 15) is 9.59 Å². The topological polar surface area (TPSA) is 49.4 Å². The molecule has 0 unspecified atom stereocenters. The highest BCUT2D eigenvalue weighted by Gasteiger charge is 2.33. The fourth-order valence-corrected chi connectivity index (χ4v) is 3.98. The first-order valence-electron chi connectivity index (χ1n) is 8.05. The van der Waals surface area contributed by atoms with Gasteiger partial charge < -0.3 is 5.32 Å². The largest absolute Gasteiger partial charge is 0.324 e. The lowest BCUT2D eigenvalue weighted by atomic mass is 10.2. The number of hydrogen-bond acceptors (Lipinski definition) is 4. The third-order valence-electron chi connectivity index (χ3n) is 3.62. The number of benzene rings is 2. The van der Waals surface area contributed by atoms with Gasteiger partial charge in [0, 0.05) is 10.2 Å². The van der Waals surface area contributed by atoms with Crippen molar-refractivity contribution in [2.75, 3.05) is 11.9 Å². The van der Waals surface area contributed by atoms with Crippen molar-refractivity contribution in [1.29, 1.82) is 0 Å². The normalized spacial score (nSPS) is 15.7. The van der Waals surface area contributed by atoms with Crippen molar-refractivity contribution in [3.8, 4) is 0 Å². The number of carbonyl (C=O) groups is 2. The fraction of sp³-hybridized carbons (Fsp3) is 0.0500. The van der Waals surface area contributed by atoms with Crippen molar-refractivity contribution in [3.05, 3.63) is 81.7 Å². The molecule has 1 N–H and O–H groups in total. The molecule has 136 valence electrons. The Kier molecular flexibility index (Phi) is 6.60. The lowest BCUT2D eigenvalue weighted by molar-refractivity contribution is -0.126. The summed E-state index contributed by atoms with van der Waals surface area (Å²) in [6, 6.07) is 17.0. The molecular formula is C20H15BrN2O2S2. The molecule has 1 saturated heterocycles. The summed E-state index contributed by atoms with van der Waals surface area (Å²) >= 11 is 9.81. The van der Waals surface area contributed by atoms with E-state index < -0.39 is 0 Å². The Bertz CT molecular complexity index is 942. The van der Waals surface area contributed by atoms with Crippen LogP contribution in [0.5, 0.6) is 0 Å². The van der Waals surface area contributed by atoms with Gasteiger partial charge >= 0.3 is 0 Å². The zero-order valence-electron chi connectivity index (χ0n) is 14.1. The van der Waals surface area contributed by atoms with E-state index in [4.69, 9.17) is 12.2 Å². The molecule has 1 aliphatic heterocycles. The second kappa shape index (κ2) is 9.12. The maximum atomic E-state index is 12.5. The lowest BCUT2D eigenvalue weighted by Gasteiger charge is -2.14. The van der Waals surface area contributed by atoms with E-state index in [0.29, 0.717) is 14.9 Å². The van der Waals surface area contributed by atoms with Crippen LogP contribution in [0.4, 0.5) is 5.69 Å². The van der Waals surface area contributed by atoms with Crippen molar-refractivity contribution in [1.82, 2.24) is 4.90 Å². The molecule has 7 heteroatoms. The van der Waals surface area contributed by atoms with Gasteiger partial charge in [0.1, 0.15) is 10.9 Å². The van der Waals surface area contributed by atoms with Crippen LogP contribution >= 0.6 is 39.9 Å². The summed E-state index contributed by atoms with van der Waals surface area (Å²) in [5, 5.41) is 2.77. The predicted octanol–water partition coefficient (Wildman–Crippen LogP) is 4.85. The van der Waals surface area contributed by atoms with E-state index in [1.807, 2.05) is 54.6 Å². The van der Waals surface area contributed by atoms with Crippen LogP contribution in [0.3, 0.4) is 0 Å². The first-order valence-corrected chi connectivity index (χ1v) is 10.1. The van der Waals surface area contributed by atoms with Gasteiger partial charge in [-0.15, -0.1) is 0 Å². The number of halogens is 1. The quantitative estimate of drug-likeness (QED) is 0.513. The molecule has 2 amide bonds. The number of rotatable bonds is 5. The van der Waals surface area contributed by atoms with Gasteiger partial charge in [0.2, 0.25) is 5.91 Å². The molecule has 1 aliphatic rings. The summed E-state index contributed by atoms with van der Waals surface area (Å²) in [6.07, 6.45) is 5.44. The molecule has 0 radical (unpaired) electrons. The molecule has 0 spiro atoms. The highest BCUT2D eigenvalue weighted by Crippen LogP contribution is 2.31. The van der Waals surface area contributed by atoms with E-state index >= 15 is 0 Å². The standard InChI is InChI=1S/C20H15BrN2O2S2/c21-15-9-5-10-16(12-15)22-18(24)13-23-19(25)17(27-20(23)26)11-4-8-14-6-2-1-3-7-14/h1-12H,13H2,(H,22,24)/b8-4+,17-11+. The highest BCUT2D eigenvalue weighted by atomic mass is 79.9. The molecule has 27 heavy (non-hydrogen) atoms. The number of nitrogens with zero attached hydrogens (tertiary/aromatic N) is 1. The molecule has 4 nitrogen and oxygen atoms in total. The SMILES string of the molecule is O=C(CN1C(=O)/C(=C\C=C\c2ccccc2)SC1=S)Nc1cccc(Br)c1. The minimum atomic E-state index is -0.300. The summed E-state index contributed by atoms with van der Waals surface area (Å²) < 4.78 is 1.24. The highest BCUT2D eigenvalue weighted by molar-refractivity contribution is 9.10. The Morgan fingerprint density at radius 3 is 2.70 bits per heavy atom. The molecular weight excluding hydrogens is 444 g/mol.